The average molecular weight is 331 g/mol. The van der Waals surface area contributed by atoms with Crippen LogP contribution in [0.1, 0.15) is 23.0 Å². The molecule has 3 amide bonds. The first-order chi connectivity index (χ1) is 11.5. The molecule has 0 saturated carbocycles. The lowest BCUT2D eigenvalue weighted by atomic mass is 10.1. The molecule has 24 heavy (non-hydrogen) atoms. The minimum absolute atomic E-state index is 0.0847. The molecule has 2 aromatic rings. The van der Waals surface area contributed by atoms with E-state index in [9.17, 15) is 14.0 Å². The van der Waals surface area contributed by atoms with Gasteiger partial charge in [-0.05, 0) is 37.3 Å². The lowest BCUT2D eigenvalue weighted by molar-refractivity contribution is 0.0935. The molecule has 1 aliphatic rings. The topological polar surface area (TPSA) is 74.6 Å². The van der Waals surface area contributed by atoms with Crippen LogP contribution in [-0.4, -0.2) is 31.1 Å². The minimum atomic E-state index is -0.624. The third kappa shape index (κ3) is 3.40. The van der Waals surface area contributed by atoms with Crippen molar-refractivity contribution in [3.8, 4) is 0 Å². The first kappa shape index (κ1) is 16.0. The molecule has 3 rings (SSSR count). The van der Waals surface area contributed by atoms with E-state index >= 15 is 0 Å². The smallest absolute Gasteiger partial charge is 0.321 e. The van der Waals surface area contributed by atoms with E-state index in [1.807, 2.05) is 13.0 Å². The molecule has 1 atom stereocenters. The standard InChI is InChI=1S/C17H18FN3O3/c1-11(9-13-3-2-8-24-13)20-16(22)14-10-12(4-5-15(14)18)21-7-6-19-17(21)23/h2-5,8,10-11H,6-7,9H2,1H3,(H,19,23)(H,20,22)/t11-/m1/s1. The van der Waals surface area contributed by atoms with Crippen molar-refractivity contribution in [3.05, 3.63) is 53.7 Å². The fourth-order valence-electron chi connectivity index (χ4n) is 2.66. The van der Waals surface area contributed by atoms with Gasteiger partial charge in [-0.3, -0.25) is 9.69 Å². The molecule has 0 radical (unpaired) electrons. The van der Waals surface area contributed by atoms with E-state index < -0.39 is 11.7 Å². The summed E-state index contributed by atoms with van der Waals surface area (Å²) in [6, 6.07) is 7.20. The quantitative estimate of drug-likeness (QED) is 0.883. The Kier molecular flexibility index (Phi) is 4.50. The van der Waals surface area contributed by atoms with E-state index in [0.717, 1.165) is 5.76 Å². The summed E-state index contributed by atoms with van der Waals surface area (Å²) in [6.07, 6.45) is 2.07. The zero-order valence-electron chi connectivity index (χ0n) is 13.2. The Morgan fingerprint density at radius 3 is 2.96 bits per heavy atom. The molecule has 1 saturated heterocycles. The number of halogens is 1. The summed E-state index contributed by atoms with van der Waals surface area (Å²) < 4.78 is 19.3. The Balaban J connectivity index is 1.72. The average Bonchev–Trinajstić information content (AvgIpc) is 3.19. The van der Waals surface area contributed by atoms with Gasteiger partial charge >= 0.3 is 6.03 Å². The van der Waals surface area contributed by atoms with Crippen molar-refractivity contribution < 1.29 is 18.4 Å². The first-order valence-corrected chi connectivity index (χ1v) is 7.73. The maximum absolute atomic E-state index is 14.0. The number of rotatable bonds is 5. The van der Waals surface area contributed by atoms with Gasteiger partial charge in [0.25, 0.3) is 5.91 Å². The number of anilines is 1. The van der Waals surface area contributed by atoms with Crippen molar-refractivity contribution in [2.75, 3.05) is 18.0 Å². The number of furan rings is 1. The van der Waals surface area contributed by atoms with Crippen molar-refractivity contribution in [3.63, 3.8) is 0 Å². The highest BCUT2D eigenvalue weighted by Gasteiger charge is 2.23. The molecule has 7 heteroatoms. The summed E-state index contributed by atoms with van der Waals surface area (Å²) >= 11 is 0. The van der Waals surface area contributed by atoms with Crippen molar-refractivity contribution in [1.82, 2.24) is 10.6 Å². The monoisotopic (exact) mass is 331 g/mol. The molecule has 2 heterocycles. The summed E-state index contributed by atoms with van der Waals surface area (Å²) in [6.45, 7) is 2.83. The third-order valence-electron chi connectivity index (χ3n) is 3.83. The number of hydrogen-bond acceptors (Lipinski definition) is 3. The second-order valence-corrected chi connectivity index (χ2v) is 5.71. The van der Waals surface area contributed by atoms with Crippen LogP contribution in [0.4, 0.5) is 14.9 Å². The molecule has 1 aliphatic heterocycles. The summed E-state index contributed by atoms with van der Waals surface area (Å²) in [5.41, 5.74) is 0.411. The van der Waals surface area contributed by atoms with Gasteiger partial charge in [0, 0.05) is 31.2 Å². The predicted molar refractivity (Wildman–Crippen MR) is 86.5 cm³/mol. The van der Waals surface area contributed by atoms with Crippen LogP contribution in [-0.2, 0) is 6.42 Å². The molecule has 2 N–H and O–H groups in total. The van der Waals surface area contributed by atoms with Crippen molar-refractivity contribution >= 4 is 17.6 Å². The fraction of sp³-hybridized carbons (Fsp3) is 0.294. The van der Waals surface area contributed by atoms with Crippen molar-refractivity contribution in [2.45, 2.75) is 19.4 Å². The summed E-state index contributed by atoms with van der Waals surface area (Å²) in [7, 11) is 0. The molecule has 1 aromatic carbocycles. The SMILES string of the molecule is C[C@H](Cc1ccco1)NC(=O)c1cc(N2CCNC2=O)ccc1F. The summed E-state index contributed by atoms with van der Waals surface area (Å²) in [4.78, 5) is 25.5. The zero-order chi connectivity index (χ0) is 17.1. The molecule has 0 bridgehead atoms. The molecule has 1 fully saturated rings. The van der Waals surface area contributed by atoms with Crippen LogP contribution in [0, 0.1) is 5.82 Å². The Labute approximate surface area is 138 Å². The lowest BCUT2D eigenvalue weighted by Gasteiger charge is -2.17. The highest BCUT2D eigenvalue weighted by Crippen LogP contribution is 2.21. The van der Waals surface area contributed by atoms with Crippen LogP contribution in [0.25, 0.3) is 0 Å². The normalized spacial score (nSPS) is 15.2. The Bertz CT molecular complexity index is 746. The number of urea groups is 1. The van der Waals surface area contributed by atoms with Gasteiger partial charge in [0.05, 0.1) is 11.8 Å². The Morgan fingerprint density at radius 1 is 1.46 bits per heavy atom. The summed E-state index contributed by atoms with van der Waals surface area (Å²) in [5, 5.41) is 5.42. The number of carbonyl (C=O) groups excluding carboxylic acids is 2. The molecule has 0 unspecified atom stereocenters. The van der Waals surface area contributed by atoms with Gasteiger partial charge < -0.3 is 15.1 Å². The number of hydrogen-bond donors (Lipinski definition) is 2. The molecule has 126 valence electrons. The number of nitrogens with one attached hydrogen (secondary N) is 2. The van der Waals surface area contributed by atoms with Gasteiger partial charge in [0.15, 0.2) is 0 Å². The van der Waals surface area contributed by atoms with Gasteiger partial charge in [-0.25, -0.2) is 9.18 Å². The van der Waals surface area contributed by atoms with E-state index in [-0.39, 0.29) is 17.6 Å². The van der Waals surface area contributed by atoms with Crippen LogP contribution in [0.2, 0.25) is 0 Å². The predicted octanol–water partition coefficient (Wildman–Crippen LogP) is 2.31. The number of amides is 3. The molecule has 0 aliphatic carbocycles. The molecule has 0 spiro atoms. The van der Waals surface area contributed by atoms with Crippen molar-refractivity contribution in [1.29, 1.82) is 0 Å². The number of carbonyl (C=O) groups is 2. The fourth-order valence-corrected chi connectivity index (χ4v) is 2.66. The largest absolute Gasteiger partial charge is 0.469 e. The van der Waals surface area contributed by atoms with Crippen LogP contribution in [0.3, 0.4) is 0 Å². The van der Waals surface area contributed by atoms with Crippen LogP contribution in [0.5, 0.6) is 0 Å². The molecule has 1 aromatic heterocycles. The third-order valence-corrected chi connectivity index (χ3v) is 3.83. The number of benzene rings is 1. The van der Waals surface area contributed by atoms with Gasteiger partial charge in [0.1, 0.15) is 11.6 Å². The van der Waals surface area contributed by atoms with Gasteiger partial charge in [-0.1, -0.05) is 0 Å². The highest BCUT2D eigenvalue weighted by molar-refractivity contribution is 5.98. The number of nitrogens with zero attached hydrogens (tertiary/aromatic N) is 1. The Morgan fingerprint density at radius 2 is 2.29 bits per heavy atom. The first-order valence-electron chi connectivity index (χ1n) is 7.73. The van der Waals surface area contributed by atoms with E-state index in [2.05, 4.69) is 10.6 Å². The highest BCUT2D eigenvalue weighted by atomic mass is 19.1. The van der Waals surface area contributed by atoms with Gasteiger partial charge in [0.2, 0.25) is 0 Å². The molecule has 6 nitrogen and oxygen atoms in total. The van der Waals surface area contributed by atoms with Crippen LogP contribution < -0.4 is 15.5 Å². The van der Waals surface area contributed by atoms with Crippen molar-refractivity contribution in [2.24, 2.45) is 0 Å². The van der Waals surface area contributed by atoms with Gasteiger partial charge in [-0.15, -0.1) is 0 Å². The second kappa shape index (κ2) is 6.74. The van der Waals surface area contributed by atoms with E-state index in [1.165, 1.54) is 23.1 Å². The molecular formula is C17H18FN3O3. The van der Waals surface area contributed by atoms with Gasteiger partial charge in [-0.2, -0.15) is 0 Å². The Hall–Kier alpha value is -2.83. The van der Waals surface area contributed by atoms with E-state index in [4.69, 9.17) is 4.42 Å². The zero-order valence-corrected chi connectivity index (χ0v) is 13.2. The molecular weight excluding hydrogens is 313 g/mol. The maximum atomic E-state index is 14.0. The van der Waals surface area contributed by atoms with Crippen LogP contribution >= 0.6 is 0 Å². The van der Waals surface area contributed by atoms with Crippen LogP contribution in [0.15, 0.2) is 41.0 Å². The van der Waals surface area contributed by atoms with E-state index in [0.29, 0.717) is 25.2 Å². The van der Waals surface area contributed by atoms with E-state index in [1.54, 1.807) is 12.3 Å². The summed E-state index contributed by atoms with van der Waals surface area (Å²) in [5.74, 6) is -0.403. The lowest BCUT2D eigenvalue weighted by Crippen LogP contribution is -2.35. The maximum Gasteiger partial charge on any atom is 0.321 e. The second-order valence-electron chi connectivity index (χ2n) is 5.71. The minimum Gasteiger partial charge on any atom is -0.469 e.